The average Bonchev–Trinajstić information content (AvgIpc) is 3.14. The van der Waals surface area contributed by atoms with Gasteiger partial charge in [-0.25, -0.2) is 0 Å². The van der Waals surface area contributed by atoms with Gasteiger partial charge < -0.3 is 9.80 Å². The van der Waals surface area contributed by atoms with E-state index in [4.69, 9.17) is 4.98 Å². The van der Waals surface area contributed by atoms with E-state index in [1.165, 1.54) is 110 Å². The first kappa shape index (κ1) is 38.2. The fourth-order valence-electron chi connectivity index (χ4n) is 10.7. The molecule has 2 aliphatic heterocycles. The second-order valence-corrected chi connectivity index (χ2v) is 22.7. The highest BCUT2D eigenvalue weighted by Gasteiger charge is 2.46. The summed E-state index contributed by atoms with van der Waals surface area (Å²) < 4.78 is 0. The number of rotatable bonds is 2. The van der Waals surface area contributed by atoms with Gasteiger partial charge in [0.05, 0.1) is 23.8 Å². The fraction of sp³-hybridized carbons (Fsp3) is 0.453. The smallest absolute Gasteiger partial charge is 0.252 e. The van der Waals surface area contributed by atoms with Crippen LogP contribution in [-0.2, 0) is 32.5 Å². The molecule has 0 amide bonds. The summed E-state index contributed by atoms with van der Waals surface area (Å²) in [5.74, 6) is 0. The maximum atomic E-state index is 5.14. The Kier molecular flexibility index (Phi) is 8.13. The minimum Gasteiger partial charge on any atom is -0.310 e. The number of nitrogens with zero attached hydrogens (tertiary/aromatic N) is 3. The predicted molar refractivity (Wildman–Crippen MR) is 246 cm³/mol. The van der Waals surface area contributed by atoms with Crippen molar-refractivity contribution in [2.24, 2.45) is 0 Å². The van der Waals surface area contributed by atoms with Crippen LogP contribution in [0.3, 0.4) is 0 Å². The van der Waals surface area contributed by atoms with Gasteiger partial charge in [-0.15, -0.1) is 0 Å². The number of hydrogen-bond acceptors (Lipinski definition) is 3. The van der Waals surface area contributed by atoms with Crippen LogP contribution in [0.2, 0.25) is 0 Å². The molecule has 0 saturated carbocycles. The lowest BCUT2D eigenvalue weighted by Crippen LogP contribution is -2.61. The van der Waals surface area contributed by atoms with Gasteiger partial charge in [0.25, 0.3) is 6.71 Å². The predicted octanol–water partition coefficient (Wildman–Crippen LogP) is 12.5. The highest BCUT2D eigenvalue weighted by molar-refractivity contribution is 7.00. The molecule has 0 spiro atoms. The molecule has 9 rings (SSSR count). The summed E-state index contributed by atoms with van der Waals surface area (Å²) in [4.78, 5) is 10.2. The van der Waals surface area contributed by atoms with E-state index in [0.29, 0.717) is 0 Å². The lowest BCUT2D eigenvalue weighted by Gasteiger charge is -2.46. The third kappa shape index (κ3) is 5.85. The van der Waals surface area contributed by atoms with Crippen molar-refractivity contribution in [2.45, 2.75) is 155 Å². The maximum absolute atomic E-state index is 5.14. The van der Waals surface area contributed by atoms with Crippen molar-refractivity contribution >= 4 is 57.2 Å². The van der Waals surface area contributed by atoms with E-state index in [1.54, 1.807) is 0 Å². The number of hydrogen-bond donors (Lipinski definition) is 0. The molecule has 2 aliphatic carbocycles. The van der Waals surface area contributed by atoms with E-state index >= 15 is 0 Å². The first-order valence-electron chi connectivity index (χ1n) is 21.7. The molecule has 0 fully saturated rings. The highest BCUT2D eigenvalue weighted by Crippen LogP contribution is 2.51. The summed E-state index contributed by atoms with van der Waals surface area (Å²) in [7, 11) is 0. The summed E-state index contributed by atoms with van der Waals surface area (Å²) in [6.07, 6.45) is 9.07. The Hall–Kier alpha value is -4.31. The summed E-state index contributed by atoms with van der Waals surface area (Å²) in [5, 5.41) is 0. The normalized spacial score (nSPS) is 19.6. The monoisotopic (exact) mass is 754 g/mol. The molecule has 4 aromatic carbocycles. The minimum absolute atomic E-state index is 0.00311. The minimum atomic E-state index is 0.00311. The molecule has 4 aliphatic rings. The second kappa shape index (κ2) is 12.1. The van der Waals surface area contributed by atoms with E-state index in [1.807, 2.05) is 0 Å². The molecule has 5 aromatic rings. The standard InChI is InChI=1S/C53H64BN3/c1-48(2,3)33-15-21-43-41(27-33)54-42-28-34(49(4,5)6)16-22-44(42)57(36-18-20-38-40(30-36)53(13,14)26-24-51(38,9)10)46-32-55-31-45(47(46)54)56(43)35-17-19-37-39(29-35)52(11,12)25-23-50(37,7)8/h15-22,27-32H,23-26H2,1-14H3. The highest BCUT2D eigenvalue weighted by atomic mass is 15.2. The molecular formula is C53H64BN3. The molecule has 0 N–H and O–H groups in total. The van der Waals surface area contributed by atoms with Gasteiger partial charge in [-0.1, -0.05) is 133 Å². The fourth-order valence-corrected chi connectivity index (χ4v) is 10.7. The SMILES string of the molecule is CC(C)(C)c1ccc2c(c1)B1c3cc(C(C)(C)C)ccc3N(c3ccc4c(c3)C(C)(C)CCC4(C)C)c3cncc(c31)N2c1ccc2c(c1)C(C)(C)CCC2(C)C. The van der Waals surface area contributed by atoms with Crippen molar-refractivity contribution < 1.29 is 0 Å². The average molecular weight is 754 g/mol. The van der Waals surface area contributed by atoms with Gasteiger partial charge >= 0.3 is 0 Å². The van der Waals surface area contributed by atoms with Gasteiger partial charge in [-0.3, -0.25) is 4.98 Å². The van der Waals surface area contributed by atoms with E-state index in [2.05, 4.69) is 192 Å². The Labute approximate surface area is 344 Å². The number of pyridine rings is 1. The molecule has 294 valence electrons. The van der Waals surface area contributed by atoms with Crippen LogP contribution in [0.1, 0.15) is 156 Å². The van der Waals surface area contributed by atoms with Crippen LogP contribution in [0, 0.1) is 0 Å². The molecule has 57 heavy (non-hydrogen) atoms. The third-order valence-electron chi connectivity index (χ3n) is 14.8. The molecule has 0 saturated heterocycles. The molecule has 3 nitrogen and oxygen atoms in total. The van der Waals surface area contributed by atoms with Gasteiger partial charge in [0, 0.05) is 22.7 Å². The quantitative estimate of drug-likeness (QED) is 0.164. The van der Waals surface area contributed by atoms with Gasteiger partial charge in [0.2, 0.25) is 0 Å². The first-order valence-corrected chi connectivity index (χ1v) is 21.7. The van der Waals surface area contributed by atoms with E-state index in [-0.39, 0.29) is 39.2 Å². The Bertz CT molecular complexity index is 2300. The molecule has 4 heteroatoms. The van der Waals surface area contributed by atoms with E-state index < -0.39 is 0 Å². The van der Waals surface area contributed by atoms with Crippen LogP contribution in [0.5, 0.6) is 0 Å². The van der Waals surface area contributed by atoms with Crippen molar-refractivity contribution in [3.05, 3.63) is 119 Å². The molecule has 3 heterocycles. The van der Waals surface area contributed by atoms with Gasteiger partial charge in [0.15, 0.2) is 0 Å². The van der Waals surface area contributed by atoms with Crippen molar-refractivity contribution in [1.82, 2.24) is 4.98 Å². The number of benzene rings is 4. The Morgan fingerprint density at radius 3 is 1.19 bits per heavy atom. The maximum Gasteiger partial charge on any atom is 0.252 e. The van der Waals surface area contributed by atoms with Crippen LogP contribution >= 0.6 is 0 Å². The van der Waals surface area contributed by atoms with E-state index in [0.717, 1.165) is 0 Å². The van der Waals surface area contributed by atoms with Gasteiger partial charge in [-0.2, -0.15) is 0 Å². The van der Waals surface area contributed by atoms with Gasteiger partial charge in [-0.05, 0) is 144 Å². The molecule has 0 unspecified atom stereocenters. The zero-order valence-electron chi connectivity index (χ0n) is 37.3. The third-order valence-corrected chi connectivity index (χ3v) is 14.8. The zero-order chi connectivity index (χ0) is 40.8. The molecule has 0 atom stereocenters. The van der Waals surface area contributed by atoms with Crippen molar-refractivity contribution in [2.75, 3.05) is 9.80 Å². The second-order valence-electron chi connectivity index (χ2n) is 22.7. The van der Waals surface area contributed by atoms with Gasteiger partial charge in [0.1, 0.15) is 0 Å². The molecule has 1 aromatic heterocycles. The number of fused-ring (bicyclic) bond motifs is 6. The zero-order valence-corrected chi connectivity index (χ0v) is 37.3. The summed E-state index contributed by atoms with van der Waals surface area (Å²) >= 11 is 0. The lowest BCUT2D eigenvalue weighted by molar-refractivity contribution is 0.332. The van der Waals surface area contributed by atoms with Crippen molar-refractivity contribution in [1.29, 1.82) is 0 Å². The molecule has 0 radical (unpaired) electrons. The molecule has 0 bridgehead atoms. The van der Waals surface area contributed by atoms with Crippen LogP contribution in [0.15, 0.2) is 85.2 Å². The number of aromatic nitrogens is 1. The Morgan fingerprint density at radius 2 is 0.825 bits per heavy atom. The summed E-state index contributed by atoms with van der Waals surface area (Å²) in [6, 6.07) is 29.4. The Balaban J connectivity index is 1.35. The van der Waals surface area contributed by atoms with Crippen LogP contribution in [-0.4, -0.2) is 11.7 Å². The van der Waals surface area contributed by atoms with Crippen LogP contribution < -0.4 is 26.2 Å². The van der Waals surface area contributed by atoms with Crippen molar-refractivity contribution in [3.63, 3.8) is 0 Å². The van der Waals surface area contributed by atoms with Crippen LogP contribution in [0.25, 0.3) is 0 Å². The first-order chi connectivity index (χ1) is 26.5. The summed E-state index contributed by atoms with van der Waals surface area (Å²) in [5.41, 5.74) is 20.6. The van der Waals surface area contributed by atoms with Crippen molar-refractivity contribution in [3.8, 4) is 0 Å². The largest absolute Gasteiger partial charge is 0.310 e. The topological polar surface area (TPSA) is 19.4 Å². The van der Waals surface area contributed by atoms with E-state index in [9.17, 15) is 0 Å². The lowest BCUT2D eigenvalue weighted by atomic mass is 9.33. The number of anilines is 6. The molecular weight excluding hydrogens is 689 g/mol. The van der Waals surface area contributed by atoms with Crippen LogP contribution in [0.4, 0.5) is 34.1 Å². The summed E-state index contributed by atoms with van der Waals surface area (Å²) in [6.45, 7) is 33.6. The Morgan fingerprint density at radius 1 is 0.456 bits per heavy atom.